The van der Waals surface area contributed by atoms with Gasteiger partial charge in [-0.1, -0.05) is 12.1 Å². The molecule has 0 saturated carbocycles. The van der Waals surface area contributed by atoms with Crippen molar-refractivity contribution in [2.24, 2.45) is 0 Å². The highest BCUT2D eigenvalue weighted by atomic mass is 127. The second kappa shape index (κ2) is 7.86. The summed E-state index contributed by atoms with van der Waals surface area (Å²) in [7, 11) is 0. The van der Waals surface area contributed by atoms with Gasteiger partial charge in [0.2, 0.25) is 5.91 Å². The van der Waals surface area contributed by atoms with E-state index in [1.165, 1.54) is 12.1 Å². The minimum absolute atomic E-state index is 0.0483. The molecule has 0 spiro atoms. The number of halogens is 2. The molecule has 3 aromatic rings. The van der Waals surface area contributed by atoms with Crippen molar-refractivity contribution in [3.63, 3.8) is 0 Å². The fourth-order valence-electron chi connectivity index (χ4n) is 3.72. The fourth-order valence-corrected chi connectivity index (χ4v) is 5.01. The third kappa shape index (κ3) is 3.74. The normalized spacial score (nSPS) is 14.7. The summed E-state index contributed by atoms with van der Waals surface area (Å²) in [5.41, 5.74) is 2.19. The molecule has 154 valence electrons. The largest absolute Gasteiger partial charge is 0.467 e. The number of hydrogen-bond donors (Lipinski definition) is 1. The zero-order valence-corrected chi connectivity index (χ0v) is 18.7. The summed E-state index contributed by atoms with van der Waals surface area (Å²) in [5.74, 6) is 0.0460. The Morgan fingerprint density at radius 2 is 1.93 bits per heavy atom. The second-order valence-electron chi connectivity index (χ2n) is 7.76. The highest BCUT2D eigenvalue weighted by molar-refractivity contribution is 14.1. The number of nitrogens with zero attached hydrogens (tertiary/aromatic N) is 1. The van der Waals surface area contributed by atoms with Crippen LogP contribution < -0.4 is 10.2 Å². The van der Waals surface area contributed by atoms with Crippen LogP contribution in [0.4, 0.5) is 10.1 Å². The number of carbonyl (C=O) groups is 2. The van der Waals surface area contributed by atoms with E-state index >= 15 is 0 Å². The molecular weight excluding hydrogens is 498 g/mol. The van der Waals surface area contributed by atoms with Gasteiger partial charge in [-0.2, -0.15) is 0 Å². The SMILES string of the molecule is CC1(C)C(=O)N(Cc2ccc(F)cc2)c2cc(C(=O)NCc3ccco3)cc(I)c21. The number of fused-ring (bicyclic) bond motifs is 1. The van der Waals surface area contributed by atoms with Crippen molar-refractivity contribution in [2.45, 2.75) is 32.4 Å². The quantitative estimate of drug-likeness (QED) is 0.495. The van der Waals surface area contributed by atoms with Crippen LogP contribution in [0.15, 0.2) is 59.2 Å². The van der Waals surface area contributed by atoms with Crippen molar-refractivity contribution in [1.29, 1.82) is 0 Å². The molecule has 2 aromatic carbocycles. The van der Waals surface area contributed by atoms with E-state index in [0.29, 0.717) is 23.6 Å². The van der Waals surface area contributed by atoms with E-state index in [2.05, 4.69) is 27.9 Å². The van der Waals surface area contributed by atoms with Gasteiger partial charge in [-0.25, -0.2) is 4.39 Å². The van der Waals surface area contributed by atoms with Gasteiger partial charge in [-0.05, 0) is 78.4 Å². The van der Waals surface area contributed by atoms with Crippen LogP contribution in [0.2, 0.25) is 0 Å². The molecule has 0 radical (unpaired) electrons. The first-order valence-corrected chi connectivity index (χ1v) is 10.6. The van der Waals surface area contributed by atoms with Crippen molar-refractivity contribution < 1.29 is 18.4 Å². The predicted octanol–water partition coefficient (Wildman–Crippen LogP) is 4.78. The summed E-state index contributed by atoms with van der Waals surface area (Å²) < 4.78 is 19.4. The number of benzene rings is 2. The lowest BCUT2D eigenvalue weighted by Crippen LogP contribution is -2.35. The Morgan fingerprint density at radius 3 is 2.60 bits per heavy atom. The summed E-state index contributed by atoms with van der Waals surface area (Å²) in [6.45, 7) is 4.36. The summed E-state index contributed by atoms with van der Waals surface area (Å²) in [5, 5.41) is 2.84. The van der Waals surface area contributed by atoms with E-state index in [1.807, 2.05) is 13.8 Å². The van der Waals surface area contributed by atoms with E-state index in [9.17, 15) is 14.0 Å². The van der Waals surface area contributed by atoms with Crippen LogP contribution in [0.5, 0.6) is 0 Å². The zero-order chi connectivity index (χ0) is 21.5. The Labute approximate surface area is 187 Å². The average molecular weight is 518 g/mol. The lowest BCUT2D eigenvalue weighted by atomic mass is 9.86. The van der Waals surface area contributed by atoms with Crippen molar-refractivity contribution in [3.8, 4) is 0 Å². The topological polar surface area (TPSA) is 62.6 Å². The van der Waals surface area contributed by atoms with Gasteiger partial charge in [0.15, 0.2) is 0 Å². The van der Waals surface area contributed by atoms with Crippen molar-refractivity contribution in [2.75, 3.05) is 4.90 Å². The van der Waals surface area contributed by atoms with Gasteiger partial charge in [0, 0.05) is 14.7 Å². The van der Waals surface area contributed by atoms with Crippen LogP contribution >= 0.6 is 22.6 Å². The molecule has 2 amide bonds. The summed E-state index contributed by atoms with van der Waals surface area (Å²) >= 11 is 2.18. The number of amides is 2. The summed E-state index contributed by atoms with van der Waals surface area (Å²) in [6, 6.07) is 13.2. The maximum atomic E-state index is 13.3. The summed E-state index contributed by atoms with van der Waals surface area (Å²) in [4.78, 5) is 27.6. The second-order valence-corrected chi connectivity index (χ2v) is 8.92. The van der Waals surface area contributed by atoms with Gasteiger partial charge in [0.1, 0.15) is 11.6 Å². The number of hydrogen-bond acceptors (Lipinski definition) is 3. The number of carbonyl (C=O) groups excluding carboxylic acids is 2. The first-order valence-electron chi connectivity index (χ1n) is 9.48. The van der Waals surface area contributed by atoms with E-state index in [-0.39, 0.29) is 24.2 Å². The molecule has 0 fully saturated rings. The van der Waals surface area contributed by atoms with Gasteiger partial charge < -0.3 is 14.6 Å². The van der Waals surface area contributed by atoms with Crippen molar-refractivity contribution in [3.05, 3.63) is 86.6 Å². The smallest absolute Gasteiger partial charge is 0.251 e. The van der Waals surface area contributed by atoms with Gasteiger partial charge >= 0.3 is 0 Å². The van der Waals surface area contributed by atoms with E-state index in [1.54, 1.807) is 47.6 Å². The first kappa shape index (κ1) is 20.6. The van der Waals surface area contributed by atoms with E-state index in [4.69, 9.17) is 4.42 Å². The predicted molar refractivity (Wildman–Crippen MR) is 120 cm³/mol. The van der Waals surface area contributed by atoms with Crippen molar-refractivity contribution in [1.82, 2.24) is 5.32 Å². The molecule has 7 heteroatoms. The average Bonchev–Trinajstić information content (AvgIpc) is 3.29. The molecule has 1 aromatic heterocycles. The minimum Gasteiger partial charge on any atom is -0.467 e. The molecule has 0 atom stereocenters. The number of furan rings is 1. The van der Waals surface area contributed by atoms with Crippen LogP contribution in [0.1, 0.15) is 41.1 Å². The number of anilines is 1. The third-order valence-corrected chi connectivity index (χ3v) is 6.14. The van der Waals surface area contributed by atoms with Crippen LogP contribution in [0, 0.1) is 9.39 Å². The minimum atomic E-state index is -0.713. The molecule has 5 nitrogen and oxygen atoms in total. The molecule has 2 heterocycles. The monoisotopic (exact) mass is 518 g/mol. The molecule has 1 N–H and O–H groups in total. The molecular formula is C23H20FIN2O3. The molecule has 4 rings (SSSR count). The van der Waals surface area contributed by atoms with Gasteiger partial charge in [0.05, 0.1) is 30.5 Å². The van der Waals surface area contributed by atoms with Gasteiger partial charge in [-0.15, -0.1) is 0 Å². The molecule has 0 bridgehead atoms. The number of rotatable bonds is 5. The Hall–Kier alpha value is -2.68. The molecule has 0 unspecified atom stereocenters. The van der Waals surface area contributed by atoms with Crippen LogP contribution in [-0.2, 0) is 23.3 Å². The zero-order valence-electron chi connectivity index (χ0n) is 16.5. The van der Waals surface area contributed by atoms with Crippen LogP contribution in [-0.4, -0.2) is 11.8 Å². The van der Waals surface area contributed by atoms with E-state index in [0.717, 1.165) is 14.7 Å². The molecule has 1 aliphatic heterocycles. The maximum absolute atomic E-state index is 13.3. The summed E-state index contributed by atoms with van der Waals surface area (Å²) in [6.07, 6.45) is 1.56. The molecule has 1 aliphatic rings. The fraction of sp³-hybridized carbons (Fsp3) is 0.217. The van der Waals surface area contributed by atoms with Crippen LogP contribution in [0.3, 0.4) is 0 Å². The third-order valence-electron chi connectivity index (χ3n) is 5.28. The molecule has 0 aliphatic carbocycles. The van der Waals surface area contributed by atoms with Gasteiger partial charge in [-0.3, -0.25) is 9.59 Å². The highest BCUT2D eigenvalue weighted by Gasteiger charge is 2.45. The molecule has 30 heavy (non-hydrogen) atoms. The molecule has 0 saturated heterocycles. The highest BCUT2D eigenvalue weighted by Crippen LogP contribution is 2.45. The standard InChI is InChI=1S/C23H20FIN2O3/c1-23(2)20-18(25)10-15(21(28)26-12-17-4-3-9-30-17)11-19(20)27(22(23)29)13-14-5-7-16(24)8-6-14/h3-11H,12-13H2,1-2H3,(H,26,28). The lowest BCUT2D eigenvalue weighted by molar-refractivity contribution is -0.122. The Kier molecular flexibility index (Phi) is 5.40. The van der Waals surface area contributed by atoms with Gasteiger partial charge in [0.25, 0.3) is 5.91 Å². The Bertz CT molecular complexity index is 1110. The Morgan fingerprint density at radius 1 is 1.20 bits per heavy atom. The Balaban J connectivity index is 1.67. The maximum Gasteiger partial charge on any atom is 0.251 e. The van der Waals surface area contributed by atoms with Crippen molar-refractivity contribution >= 4 is 40.1 Å². The van der Waals surface area contributed by atoms with E-state index < -0.39 is 5.41 Å². The lowest BCUT2D eigenvalue weighted by Gasteiger charge is -2.20. The van der Waals surface area contributed by atoms with Crippen LogP contribution in [0.25, 0.3) is 0 Å². The first-order chi connectivity index (χ1) is 14.3. The number of nitrogens with one attached hydrogen (secondary N) is 1.